The van der Waals surface area contributed by atoms with Crippen molar-refractivity contribution in [2.45, 2.75) is 31.7 Å². The number of hydrogen-bond acceptors (Lipinski definition) is 2. The van der Waals surface area contributed by atoms with E-state index in [-0.39, 0.29) is 0 Å². The molecule has 64 valence electrons. The molecule has 2 nitrogen and oxygen atoms in total. The lowest BCUT2D eigenvalue weighted by molar-refractivity contribution is 0.170. The Labute approximate surface area is 69.2 Å². The smallest absolute Gasteiger partial charge is 0.0506 e. The molecule has 0 aromatic heterocycles. The van der Waals surface area contributed by atoms with E-state index in [1.807, 2.05) is 0 Å². The van der Waals surface area contributed by atoms with Crippen molar-refractivity contribution in [1.29, 1.82) is 0 Å². The van der Waals surface area contributed by atoms with Crippen LogP contribution >= 0.6 is 0 Å². The maximum absolute atomic E-state index is 2.65. The second kappa shape index (κ2) is 3.11. The predicted molar refractivity (Wildman–Crippen MR) is 46.5 cm³/mol. The Bertz CT molecular complexity index is 136. The molecule has 2 heterocycles. The van der Waals surface area contributed by atoms with Crippen molar-refractivity contribution in [3.8, 4) is 0 Å². The molecule has 2 aliphatic rings. The van der Waals surface area contributed by atoms with Crippen LogP contribution in [0.1, 0.15) is 25.7 Å². The fourth-order valence-corrected chi connectivity index (χ4v) is 2.39. The van der Waals surface area contributed by atoms with Crippen LogP contribution in [0.4, 0.5) is 0 Å². The first-order valence-electron chi connectivity index (χ1n) is 4.79. The summed E-state index contributed by atoms with van der Waals surface area (Å²) in [6.45, 7) is 3.85. The van der Waals surface area contributed by atoms with Gasteiger partial charge in [0.05, 0.1) is 6.67 Å². The average molecular weight is 154 g/mol. The highest BCUT2D eigenvalue weighted by atomic mass is 15.3. The molecule has 11 heavy (non-hydrogen) atoms. The summed E-state index contributed by atoms with van der Waals surface area (Å²) in [4.78, 5) is 5.10. The third-order valence-corrected chi connectivity index (χ3v) is 3.00. The van der Waals surface area contributed by atoms with Gasteiger partial charge in [-0.15, -0.1) is 0 Å². The molecule has 0 aromatic carbocycles. The van der Waals surface area contributed by atoms with Crippen LogP contribution in [0.3, 0.4) is 0 Å². The van der Waals surface area contributed by atoms with E-state index in [0.29, 0.717) is 0 Å². The van der Waals surface area contributed by atoms with E-state index in [4.69, 9.17) is 0 Å². The lowest BCUT2D eigenvalue weighted by Gasteiger charge is -2.24. The Hall–Kier alpha value is -0.0800. The summed E-state index contributed by atoms with van der Waals surface area (Å²) in [6, 6.07) is 0.931. The molecule has 0 spiro atoms. The van der Waals surface area contributed by atoms with E-state index in [9.17, 15) is 0 Å². The normalized spacial score (nSPS) is 35.2. The summed E-state index contributed by atoms with van der Waals surface area (Å²) in [5.41, 5.74) is 0. The highest BCUT2D eigenvalue weighted by Gasteiger charge is 2.26. The number of hydrogen-bond donors (Lipinski definition) is 0. The lowest BCUT2D eigenvalue weighted by Crippen LogP contribution is -2.35. The summed E-state index contributed by atoms with van der Waals surface area (Å²) in [7, 11) is 2.24. The number of fused-ring (bicyclic) bond motifs is 1. The first-order valence-corrected chi connectivity index (χ1v) is 4.79. The average Bonchev–Trinajstić information content (AvgIpc) is 2.31. The topological polar surface area (TPSA) is 6.48 Å². The Kier molecular flexibility index (Phi) is 2.14. The molecule has 2 aliphatic heterocycles. The molecule has 2 saturated heterocycles. The summed E-state index contributed by atoms with van der Waals surface area (Å²) >= 11 is 0. The zero-order valence-electron chi connectivity index (χ0n) is 7.42. The molecule has 0 bridgehead atoms. The molecule has 0 aliphatic carbocycles. The van der Waals surface area contributed by atoms with Gasteiger partial charge in [-0.05, 0) is 45.8 Å². The standard InChI is InChI=1S/C9H18N2/c1-10-6-2-4-9-5-3-7-11(9)8-10/h9H,2-8H2,1H3. The van der Waals surface area contributed by atoms with Crippen molar-refractivity contribution in [2.75, 3.05) is 26.8 Å². The molecule has 0 amide bonds. The van der Waals surface area contributed by atoms with Gasteiger partial charge in [0, 0.05) is 6.04 Å². The van der Waals surface area contributed by atoms with Crippen LogP contribution in [0.15, 0.2) is 0 Å². The van der Waals surface area contributed by atoms with Gasteiger partial charge in [0.25, 0.3) is 0 Å². The van der Waals surface area contributed by atoms with Gasteiger partial charge in [-0.3, -0.25) is 9.80 Å². The zero-order chi connectivity index (χ0) is 7.68. The number of nitrogens with zero attached hydrogens (tertiary/aromatic N) is 2. The monoisotopic (exact) mass is 154 g/mol. The molecule has 2 rings (SSSR count). The molecule has 0 aromatic rings. The first-order chi connectivity index (χ1) is 5.36. The van der Waals surface area contributed by atoms with E-state index < -0.39 is 0 Å². The molecule has 0 N–H and O–H groups in total. The van der Waals surface area contributed by atoms with Crippen LogP contribution in [0.2, 0.25) is 0 Å². The summed E-state index contributed by atoms with van der Waals surface area (Å²) in [5, 5.41) is 0. The van der Waals surface area contributed by atoms with E-state index >= 15 is 0 Å². The molecular weight excluding hydrogens is 136 g/mol. The van der Waals surface area contributed by atoms with E-state index in [2.05, 4.69) is 16.8 Å². The van der Waals surface area contributed by atoms with Crippen molar-refractivity contribution >= 4 is 0 Å². The van der Waals surface area contributed by atoms with Gasteiger partial charge in [-0.2, -0.15) is 0 Å². The Morgan fingerprint density at radius 2 is 1.82 bits per heavy atom. The van der Waals surface area contributed by atoms with Crippen molar-refractivity contribution in [3.63, 3.8) is 0 Å². The van der Waals surface area contributed by atoms with Crippen molar-refractivity contribution in [1.82, 2.24) is 9.80 Å². The van der Waals surface area contributed by atoms with Gasteiger partial charge >= 0.3 is 0 Å². The molecule has 1 unspecified atom stereocenters. The molecule has 2 fully saturated rings. The van der Waals surface area contributed by atoms with Crippen LogP contribution in [0.25, 0.3) is 0 Å². The Balaban J connectivity index is 1.98. The molecule has 2 heteroatoms. The third kappa shape index (κ3) is 1.57. The number of rotatable bonds is 0. The van der Waals surface area contributed by atoms with Gasteiger partial charge in [0.1, 0.15) is 0 Å². The van der Waals surface area contributed by atoms with E-state index in [1.165, 1.54) is 45.4 Å². The Morgan fingerprint density at radius 1 is 1.09 bits per heavy atom. The Morgan fingerprint density at radius 3 is 2.64 bits per heavy atom. The van der Waals surface area contributed by atoms with Gasteiger partial charge in [-0.1, -0.05) is 0 Å². The summed E-state index contributed by atoms with van der Waals surface area (Å²) in [6.07, 6.45) is 5.72. The fraction of sp³-hybridized carbons (Fsp3) is 1.00. The lowest BCUT2D eigenvalue weighted by atomic mass is 10.1. The SMILES string of the molecule is CN1CCCC2CCCN2C1. The van der Waals surface area contributed by atoms with Crippen LogP contribution < -0.4 is 0 Å². The van der Waals surface area contributed by atoms with Crippen LogP contribution in [-0.2, 0) is 0 Å². The van der Waals surface area contributed by atoms with Gasteiger partial charge in [0.2, 0.25) is 0 Å². The molecule has 0 saturated carbocycles. The predicted octanol–water partition coefficient (Wildman–Crippen LogP) is 1.13. The van der Waals surface area contributed by atoms with E-state index in [1.54, 1.807) is 0 Å². The second-order valence-electron chi connectivity index (χ2n) is 3.97. The van der Waals surface area contributed by atoms with Crippen molar-refractivity contribution < 1.29 is 0 Å². The fourth-order valence-electron chi connectivity index (χ4n) is 2.39. The van der Waals surface area contributed by atoms with Gasteiger partial charge in [-0.25, -0.2) is 0 Å². The largest absolute Gasteiger partial charge is 0.294 e. The molecule has 0 radical (unpaired) electrons. The maximum atomic E-state index is 2.65. The van der Waals surface area contributed by atoms with E-state index in [0.717, 1.165) is 6.04 Å². The minimum atomic E-state index is 0.931. The maximum Gasteiger partial charge on any atom is 0.0506 e. The third-order valence-electron chi connectivity index (χ3n) is 3.00. The van der Waals surface area contributed by atoms with Crippen LogP contribution in [0, 0.1) is 0 Å². The summed E-state index contributed by atoms with van der Waals surface area (Å²) in [5.74, 6) is 0. The second-order valence-corrected chi connectivity index (χ2v) is 3.97. The zero-order valence-corrected chi connectivity index (χ0v) is 7.42. The van der Waals surface area contributed by atoms with Crippen LogP contribution in [0.5, 0.6) is 0 Å². The first kappa shape index (κ1) is 7.56. The minimum Gasteiger partial charge on any atom is -0.294 e. The van der Waals surface area contributed by atoms with Crippen molar-refractivity contribution in [2.24, 2.45) is 0 Å². The van der Waals surface area contributed by atoms with Crippen molar-refractivity contribution in [3.05, 3.63) is 0 Å². The quantitative estimate of drug-likeness (QED) is 0.516. The summed E-state index contributed by atoms with van der Waals surface area (Å²) < 4.78 is 0. The van der Waals surface area contributed by atoms with Gasteiger partial charge < -0.3 is 0 Å². The molecular formula is C9H18N2. The molecule has 1 atom stereocenters. The van der Waals surface area contributed by atoms with Gasteiger partial charge in [0.15, 0.2) is 0 Å². The minimum absolute atomic E-state index is 0.931. The highest BCUT2D eigenvalue weighted by Crippen LogP contribution is 2.23. The van der Waals surface area contributed by atoms with Crippen LogP contribution in [-0.4, -0.2) is 42.6 Å². The highest BCUT2D eigenvalue weighted by molar-refractivity contribution is 4.81.